The molecule has 0 saturated carbocycles. The van der Waals surface area contributed by atoms with Crippen molar-refractivity contribution in [1.82, 2.24) is 9.97 Å². The van der Waals surface area contributed by atoms with E-state index in [1.165, 1.54) is 18.2 Å². The number of aromatic amines is 1. The van der Waals surface area contributed by atoms with Crippen molar-refractivity contribution in [3.63, 3.8) is 0 Å². The second kappa shape index (κ2) is 10.3. The summed E-state index contributed by atoms with van der Waals surface area (Å²) in [5.74, 6) is 0.162. The number of imidazole rings is 1. The number of hydrogen-bond donors (Lipinski definition) is 1. The van der Waals surface area contributed by atoms with Crippen molar-refractivity contribution in [2.45, 2.75) is 26.5 Å². The highest BCUT2D eigenvalue weighted by Crippen LogP contribution is 2.44. The number of nitrogens with zero attached hydrogens (tertiary/aromatic N) is 1. The summed E-state index contributed by atoms with van der Waals surface area (Å²) in [6.45, 7) is 4.40. The van der Waals surface area contributed by atoms with Gasteiger partial charge in [0.2, 0.25) is 0 Å². The molecule has 0 aliphatic heterocycles. The van der Waals surface area contributed by atoms with Crippen LogP contribution in [-0.2, 0) is 11.1 Å². The molecule has 3 aromatic carbocycles. The lowest BCUT2D eigenvalue weighted by atomic mass is 9.63. The van der Waals surface area contributed by atoms with Gasteiger partial charge >= 0.3 is 13.3 Å². The molecule has 4 nitrogen and oxygen atoms in total. The zero-order valence-corrected chi connectivity index (χ0v) is 20.9. The first kappa shape index (κ1) is 25.7. The third-order valence-corrected chi connectivity index (χ3v) is 6.44. The van der Waals surface area contributed by atoms with E-state index < -0.39 is 12.1 Å². The molecule has 0 saturated heterocycles. The fraction of sp³-hybridized carbons (Fsp3) is 0.208. The summed E-state index contributed by atoms with van der Waals surface area (Å²) < 4.78 is 48.5. The van der Waals surface area contributed by atoms with Crippen LogP contribution in [0.5, 0.6) is 5.75 Å². The molecule has 0 atom stereocenters. The molecule has 4 rings (SSSR count). The van der Waals surface area contributed by atoms with E-state index in [0.29, 0.717) is 34.9 Å². The fourth-order valence-electron chi connectivity index (χ4n) is 3.84. The normalized spacial score (nSPS) is 11.8. The van der Waals surface area contributed by atoms with Gasteiger partial charge in [-0.1, -0.05) is 72.0 Å². The van der Waals surface area contributed by atoms with Crippen LogP contribution in [0.2, 0.25) is 21.9 Å². The Hall–Kier alpha value is -2.39. The van der Waals surface area contributed by atoms with Crippen LogP contribution < -0.4 is 10.2 Å². The summed E-state index contributed by atoms with van der Waals surface area (Å²) >= 11 is 19.6. The predicted octanol–water partition coefficient (Wildman–Crippen LogP) is 7.54. The van der Waals surface area contributed by atoms with Gasteiger partial charge in [0, 0.05) is 29.2 Å². The Kier molecular flexibility index (Phi) is 7.57. The minimum atomic E-state index is -4.87. The summed E-state index contributed by atoms with van der Waals surface area (Å²) in [6, 6.07) is 13.0. The number of aromatic nitrogens is 2. The minimum Gasteiger partial charge on any atom is -0.431 e. The number of hydrogen-bond acceptors (Lipinski definition) is 3. The summed E-state index contributed by atoms with van der Waals surface area (Å²) in [5, 5.41) is 0.834. The minimum absolute atomic E-state index is 0.0821. The van der Waals surface area contributed by atoms with Gasteiger partial charge in [-0.3, -0.25) is 0 Å². The molecule has 11 heteroatoms. The van der Waals surface area contributed by atoms with E-state index in [1.54, 1.807) is 12.1 Å². The maximum atomic E-state index is 12.9. The number of alkyl halides is 3. The number of para-hydroxylation sites is 1. The van der Waals surface area contributed by atoms with Gasteiger partial charge in [-0.25, -0.2) is 4.98 Å². The van der Waals surface area contributed by atoms with Gasteiger partial charge in [0.15, 0.2) is 0 Å². The molecule has 0 fully saturated rings. The molecule has 0 aliphatic carbocycles. The topological polar surface area (TPSA) is 47.1 Å². The molecule has 1 heterocycles. The highest BCUT2D eigenvalue weighted by Gasteiger charge is 2.33. The Morgan fingerprint density at radius 3 is 2.46 bits per heavy atom. The molecule has 182 valence electrons. The van der Waals surface area contributed by atoms with Crippen LogP contribution in [0.4, 0.5) is 13.2 Å². The summed E-state index contributed by atoms with van der Waals surface area (Å²) in [7, 11) is 0. The maximum absolute atomic E-state index is 12.9. The average Bonchev–Trinajstić information content (AvgIpc) is 3.18. The number of H-pyrrole nitrogens is 1. The van der Waals surface area contributed by atoms with Gasteiger partial charge in [-0.05, 0) is 36.1 Å². The van der Waals surface area contributed by atoms with Crippen molar-refractivity contribution in [1.29, 1.82) is 0 Å². The first-order chi connectivity index (χ1) is 16.6. The van der Waals surface area contributed by atoms with E-state index in [1.807, 2.05) is 31.9 Å². The van der Waals surface area contributed by atoms with Crippen molar-refractivity contribution < 1.29 is 22.6 Å². The van der Waals surface area contributed by atoms with E-state index in [-0.39, 0.29) is 28.1 Å². The Labute approximate surface area is 215 Å². The van der Waals surface area contributed by atoms with Gasteiger partial charge < -0.3 is 14.4 Å². The molecule has 0 bridgehead atoms. The second-order valence-electron chi connectivity index (χ2n) is 7.80. The second-order valence-corrected chi connectivity index (χ2v) is 8.99. The van der Waals surface area contributed by atoms with Crippen LogP contribution in [-0.4, -0.2) is 29.9 Å². The molecule has 4 aromatic rings. The monoisotopic (exact) mass is 540 g/mol. The van der Waals surface area contributed by atoms with Crippen LogP contribution in [0.3, 0.4) is 0 Å². The SMILES string of the molecule is CCOB(C)c1ccc(Cc2nc3c(Cl)c(-c4ccccc4OC(F)(F)F)c(Cl)cc3[nH]2)c(Cl)c1. The van der Waals surface area contributed by atoms with Gasteiger partial charge in [0.25, 0.3) is 0 Å². The molecule has 0 amide bonds. The molecule has 0 spiro atoms. The van der Waals surface area contributed by atoms with Crippen molar-refractivity contribution in [3.05, 3.63) is 75.0 Å². The number of nitrogens with one attached hydrogen (secondary N) is 1. The lowest BCUT2D eigenvalue weighted by molar-refractivity contribution is -0.274. The molecule has 1 aromatic heterocycles. The van der Waals surface area contributed by atoms with Crippen molar-refractivity contribution >= 4 is 58.2 Å². The molecule has 0 unspecified atom stereocenters. The summed E-state index contributed by atoms with van der Waals surface area (Å²) in [4.78, 5) is 7.74. The van der Waals surface area contributed by atoms with Crippen LogP contribution in [0.25, 0.3) is 22.2 Å². The van der Waals surface area contributed by atoms with Crippen molar-refractivity contribution in [3.8, 4) is 16.9 Å². The fourth-order valence-corrected chi connectivity index (χ4v) is 4.79. The smallest absolute Gasteiger partial charge is 0.431 e. The highest BCUT2D eigenvalue weighted by atomic mass is 35.5. The first-order valence-corrected chi connectivity index (χ1v) is 11.8. The van der Waals surface area contributed by atoms with E-state index in [0.717, 1.165) is 11.0 Å². The lowest BCUT2D eigenvalue weighted by Gasteiger charge is -2.15. The van der Waals surface area contributed by atoms with Crippen molar-refractivity contribution in [2.24, 2.45) is 0 Å². The van der Waals surface area contributed by atoms with E-state index in [2.05, 4.69) is 14.7 Å². The summed E-state index contributed by atoms with van der Waals surface area (Å²) in [6.07, 6.45) is -4.48. The number of fused-ring (bicyclic) bond motifs is 1. The van der Waals surface area contributed by atoms with Gasteiger partial charge in [0.1, 0.15) is 17.1 Å². The average molecular weight is 542 g/mol. The predicted molar refractivity (Wildman–Crippen MR) is 135 cm³/mol. The van der Waals surface area contributed by atoms with Gasteiger partial charge in [-0.2, -0.15) is 0 Å². The molecule has 0 radical (unpaired) electrons. The van der Waals surface area contributed by atoms with Crippen LogP contribution in [0.15, 0.2) is 48.5 Å². The van der Waals surface area contributed by atoms with E-state index in [4.69, 9.17) is 39.5 Å². The first-order valence-electron chi connectivity index (χ1n) is 10.7. The standard InChI is InChI=1S/C24H19BCl3F3N2O2/c1-3-34-25(2)14-9-8-13(16(26)11-14)10-20-32-18-12-17(27)21(22(28)23(18)33-20)15-6-4-5-7-19(15)35-24(29,30)31/h4-9,11-12H,3,10H2,1-2H3,(H,32,33). The van der Waals surface area contributed by atoms with E-state index >= 15 is 0 Å². The quantitative estimate of drug-likeness (QED) is 0.246. The lowest BCUT2D eigenvalue weighted by Crippen LogP contribution is -2.30. The number of halogens is 6. The van der Waals surface area contributed by atoms with Crippen molar-refractivity contribution in [2.75, 3.05) is 6.61 Å². The molecular formula is C24H19BCl3F3N2O2. The Bertz CT molecular complexity index is 1380. The maximum Gasteiger partial charge on any atom is 0.573 e. The highest BCUT2D eigenvalue weighted by molar-refractivity contribution is 6.66. The van der Waals surface area contributed by atoms with Crippen LogP contribution >= 0.6 is 34.8 Å². The van der Waals surface area contributed by atoms with Crippen LogP contribution in [0, 0.1) is 0 Å². The van der Waals surface area contributed by atoms with E-state index in [9.17, 15) is 13.2 Å². The Balaban J connectivity index is 1.70. The number of rotatable bonds is 7. The molecule has 1 N–H and O–H groups in total. The molecular weight excluding hydrogens is 522 g/mol. The summed E-state index contributed by atoms with van der Waals surface area (Å²) in [5.41, 5.74) is 3.03. The third-order valence-electron chi connectivity index (χ3n) is 5.42. The molecule has 0 aliphatic rings. The van der Waals surface area contributed by atoms with Gasteiger partial charge in [-0.15, -0.1) is 13.2 Å². The zero-order valence-electron chi connectivity index (χ0n) is 18.6. The number of ether oxygens (including phenoxy) is 1. The van der Waals surface area contributed by atoms with Gasteiger partial charge in [0.05, 0.1) is 15.6 Å². The third kappa shape index (κ3) is 5.72. The number of benzene rings is 3. The Morgan fingerprint density at radius 1 is 1.03 bits per heavy atom. The largest absolute Gasteiger partial charge is 0.573 e. The Morgan fingerprint density at radius 2 is 1.77 bits per heavy atom. The van der Waals surface area contributed by atoms with Crippen LogP contribution in [0.1, 0.15) is 18.3 Å². The molecule has 35 heavy (non-hydrogen) atoms. The zero-order chi connectivity index (χ0) is 25.3.